The van der Waals surface area contributed by atoms with Crippen LogP contribution in [0.25, 0.3) is 0 Å². The van der Waals surface area contributed by atoms with Gasteiger partial charge in [0.05, 0.1) is 0 Å². The molecule has 0 bridgehead atoms. The summed E-state index contributed by atoms with van der Waals surface area (Å²) in [5.74, 6) is 0. The normalized spacial score (nSPS) is 8.75. The van der Waals surface area contributed by atoms with E-state index in [1.165, 1.54) is 0 Å². The van der Waals surface area contributed by atoms with Crippen molar-refractivity contribution in [3.8, 4) is 0 Å². The summed E-state index contributed by atoms with van der Waals surface area (Å²) < 4.78 is -0.0700. The summed E-state index contributed by atoms with van der Waals surface area (Å²) >= 11 is 2.80. The molecule has 0 amide bonds. The molecule has 0 heterocycles. The van der Waals surface area contributed by atoms with Gasteiger partial charge < -0.3 is 0 Å². The smallest absolute Gasteiger partial charge is 0.223 e. The van der Waals surface area contributed by atoms with Crippen molar-refractivity contribution in [1.29, 1.82) is 0 Å². The zero-order valence-corrected chi connectivity index (χ0v) is 6.49. The molecule has 0 aromatic carbocycles. The van der Waals surface area contributed by atoms with Gasteiger partial charge in [-0.25, -0.2) is 0 Å². The summed E-state index contributed by atoms with van der Waals surface area (Å²) in [4.78, 5) is 10.4. The Balaban J connectivity index is 3.49. The van der Waals surface area contributed by atoms with E-state index < -0.39 is 0 Å². The van der Waals surface area contributed by atoms with Gasteiger partial charge in [0.2, 0.25) is 4.69 Å². The van der Waals surface area contributed by atoms with Crippen molar-refractivity contribution in [3.05, 3.63) is 12.2 Å². The van der Waals surface area contributed by atoms with Gasteiger partial charge in [0.25, 0.3) is 0 Å². The first kappa shape index (κ1) is 7.89. The third-order valence-electron chi connectivity index (χ3n) is 0.830. The van der Waals surface area contributed by atoms with Gasteiger partial charge >= 0.3 is 0 Å². The molecule has 0 aliphatic heterocycles. The Morgan fingerprint density at radius 2 is 2.25 bits per heavy atom. The molecule has 0 atom stereocenters. The molecule has 0 unspecified atom stereocenters. The van der Waals surface area contributed by atoms with E-state index in [1.54, 1.807) is 0 Å². The molecule has 46 valence electrons. The maximum atomic E-state index is 10.4. The third-order valence-corrected chi connectivity index (χ3v) is 1.39. The second kappa shape index (κ2) is 3.84. The minimum atomic E-state index is -0.0700. The third kappa shape index (κ3) is 2.97. The molecule has 0 N–H and O–H groups in total. The molecule has 0 fully saturated rings. The van der Waals surface area contributed by atoms with Crippen LogP contribution in [0, 0.1) is 0 Å². The fraction of sp³-hybridized carbons (Fsp3) is 0.500. The van der Waals surface area contributed by atoms with Gasteiger partial charge in [-0.2, -0.15) is 0 Å². The van der Waals surface area contributed by atoms with E-state index in [9.17, 15) is 4.79 Å². The molecule has 0 aliphatic carbocycles. The molecule has 0 rings (SSSR count). The van der Waals surface area contributed by atoms with E-state index >= 15 is 0 Å². The van der Waals surface area contributed by atoms with Gasteiger partial charge in [-0.1, -0.05) is 19.9 Å². The maximum Gasteiger partial charge on any atom is 0.223 e. The Kier molecular flexibility index (Phi) is 3.79. The molecule has 0 saturated carbocycles. The van der Waals surface area contributed by atoms with E-state index in [-0.39, 0.29) is 4.69 Å². The first-order valence-corrected chi connectivity index (χ1v) is 3.35. The first-order valence-electron chi connectivity index (χ1n) is 2.56. The topological polar surface area (TPSA) is 17.1 Å². The average Bonchev–Trinajstić information content (AvgIpc) is 1.67. The van der Waals surface area contributed by atoms with Crippen LogP contribution in [-0.2, 0) is 4.79 Å². The summed E-state index contributed by atoms with van der Waals surface area (Å²) in [6.45, 7) is 5.56. The summed E-state index contributed by atoms with van der Waals surface area (Å²) in [6.07, 6.45) is 1.78. The lowest BCUT2D eigenvalue weighted by Crippen LogP contribution is -1.88. The number of allylic oxidation sites excluding steroid dienone is 1. The molecular formula is C6H9BrO. The zero-order chi connectivity index (χ0) is 6.57. The summed E-state index contributed by atoms with van der Waals surface area (Å²) in [5.41, 5.74) is 0.660. The van der Waals surface area contributed by atoms with Crippen molar-refractivity contribution < 1.29 is 4.79 Å². The number of halogens is 1. The molecule has 2 heteroatoms. The largest absolute Gasteiger partial charge is 0.281 e. The van der Waals surface area contributed by atoms with Crippen molar-refractivity contribution in [1.82, 2.24) is 0 Å². The quantitative estimate of drug-likeness (QED) is 0.477. The minimum Gasteiger partial charge on any atom is -0.281 e. The van der Waals surface area contributed by atoms with Crippen LogP contribution in [0.2, 0.25) is 0 Å². The van der Waals surface area contributed by atoms with E-state index in [1.807, 2.05) is 6.92 Å². The summed E-state index contributed by atoms with van der Waals surface area (Å²) in [7, 11) is 0. The van der Waals surface area contributed by atoms with E-state index in [2.05, 4.69) is 22.5 Å². The van der Waals surface area contributed by atoms with Gasteiger partial charge in [0.15, 0.2) is 0 Å². The predicted octanol–water partition coefficient (Wildman–Crippen LogP) is 2.26. The van der Waals surface area contributed by atoms with Crippen molar-refractivity contribution in [2.24, 2.45) is 0 Å². The van der Waals surface area contributed by atoms with Crippen molar-refractivity contribution in [3.63, 3.8) is 0 Å². The Morgan fingerprint density at radius 1 is 1.75 bits per heavy atom. The average molecular weight is 177 g/mol. The lowest BCUT2D eigenvalue weighted by atomic mass is 10.2. The molecule has 0 aromatic heterocycles. The fourth-order valence-corrected chi connectivity index (χ4v) is 0.598. The molecule has 0 aliphatic rings. The maximum absolute atomic E-state index is 10.4. The zero-order valence-electron chi connectivity index (χ0n) is 4.91. The van der Waals surface area contributed by atoms with Crippen molar-refractivity contribution in [2.75, 3.05) is 0 Å². The molecule has 0 aromatic rings. The van der Waals surface area contributed by atoms with Crippen LogP contribution in [0.3, 0.4) is 0 Å². The van der Waals surface area contributed by atoms with E-state index in [4.69, 9.17) is 0 Å². The van der Waals surface area contributed by atoms with Gasteiger partial charge in [-0.15, -0.1) is 0 Å². The number of hydrogen-bond acceptors (Lipinski definition) is 1. The highest BCUT2D eigenvalue weighted by atomic mass is 79.9. The highest BCUT2D eigenvalue weighted by molar-refractivity contribution is 9.18. The molecule has 1 nitrogen and oxygen atoms in total. The van der Waals surface area contributed by atoms with Crippen LogP contribution in [0.1, 0.15) is 19.8 Å². The van der Waals surface area contributed by atoms with E-state index in [0.717, 1.165) is 12.8 Å². The highest BCUT2D eigenvalue weighted by Crippen LogP contribution is 2.05. The van der Waals surface area contributed by atoms with Gasteiger partial charge in [-0.05, 0) is 27.9 Å². The lowest BCUT2D eigenvalue weighted by molar-refractivity contribution is -0.107. The van der Waals surface area contributed by atoms with Gasteiger partial charge in [-0.3, -0.25) is 4.79 Å². The number of carbonyl (C=O) groups is 1. The molecule has 0 radical (unpaired) electrons. The second-order valence-corrected chi connectivity index (χ2v) is 2.35. The van der Waals surface area contributed by atoms with Crippen molar-refractivity contribution in [2.45, 2.75) is 19.8 Å². The SMILES string of the molecule is C=C(CCC)C(=O)Br. The first-order chi connectivity index (χ1) is 3.68. The predicted molar refractivity (Wildman–Crippen MR) is 38.0 cm³/mol. The Bertz CT molecular complexity index is 107. The second-order valence-electron chi connectivity index (χ2n) is 1.63. The van der Waals surface area contributed by atoms with Crippen LogP contribution in [-0.4, -0.2) is 4.69 Å². The highest BCUT2D eigenvalue weighted by Gasteiger charge is 1.97. The number of carbonyl (C=O) groups excluding carboxylic acids is 1. The number of rotatable bonds is 3. The molecule has 8 heavy (non-hydrogen) atoms. The van der Waals surface area contributed by atoms with Crippen LogP contribution in [0.5, 0.6) is 0 Å². The van der Waals surface area contributed by atoms with Gasteiger partial charge in [0.1, 0.15) is 0 Å². The molecule has 0 spiro atoms. The monoisotopic (exact) mass is 176 g/mol. The summed E-state index contributed by atoms with van der Waals surface area (Å²) in [5, 5.41) is 0. The lowest BCUT2D eigenvalue weighted by Gasteiger charge is -1.92. The van der Waals surface area contributed by atoms with Crippen LogP contribution < -0.4 is 0 Å². The van der Waals surface area contributed by atoms with E-state index in [0.29, 0.717) is 5.57 Å². The molecular weight excluding hydrogens is 168 g/mol. The Morgan fingerprint density at radius 3 is 2.38 bits per heavy atom. The summed E-state index contributed by atoms with van der Waals surface area (Å²) in [6, 6.07) is 0. The number of hydrogen-bond donors (Lipinski definition) is 0. The minimum absolute atomic E-state index is 0.0700. The van der Waals surface area contributed by atoms with Crippen LogP contribution >= 0.6 is 15.9 Å². The fourth-order valence-electron chi connectivity index (χ4n) is 0.400. The van der Waals surface area contributed by atoms with Crippen LogP contribution in [0.4, 0.5) is 0 Å². The van der Waals surface area contributed by atoms with Crippen molar-refractivity contribution >= 4 is 20.6 Å². The van der Waals surface area contributed by atoms with Crippen LogP contribution in [0.15, 0.2) is 12.2 Å². The van der Waals surface area contributed by atoms with Gasteiger partial charge in [0, 0.05) is 0 Å². The molecule has 0 saturated heterocycles. The Hall–Kier alpha value is -0.110. The Labute approximate surface area is 57.9 Å². The standard InChI is InChI=1S/C6H9BrO/c1-3-4-5(2)6(7)8/h2-4H2,1H3.